The van der Waals surface area contributed by atoms with E-state index < -0.39 is 17.6 Å². The van der Waals surface area contributed by atoms with Gasteiger partial charge in [0.15, 0.2) is 5.65 Å². The number of aromatic nitrogens is 4. The van der Waals surface area contributed by atoms with Gasteiger partial charge < -0.3 is 5.32 Å². The average Bonchev–Trinajstić information content (AvgIpc) is 3.12. The molecular formula is C20H13ClF3N5O. The Labute approximate surface area is 173 Å². The first kappa shape index (κ1) is 19.8. The van der Waals surface area contributed by atoms with Crippen LogP contribution in [0.2, 0.25) is 5.02 Å². The molecule has 0 fully saturated rings. The van der Waals surface area contributed by atoms with E-state index in [1.54, 1.807) is 17.1 Å². The van der Waals surface area contributed by atoms with E-state index in [4.69, 9.17) is 11.6 Å². The number of anilines is 1. The summed E-state index contributed by atoms with van der Waals surface area (Å²) in [6, 6.07) is 7.83. The molecule has 0 saturated heterocycles. The predicted octanol–water partition coefficient (Wildman–Crippen LogP) is 4.80. The van der Waals surface area contributed by atoms with E-state index >= 15 is 0 Å². The van der Waals surface area contributed by atoms with Crippen LogP contribution in [0, 0.1) is 0 Å². The van der Waals surface area contributed by atoms with Crippen molar-refractivity contribution in [1.29, 1.82) is 0 Å². The molecule has 0 aliphatic heterocycles. The zero-order valence-corrected chi connectivity index (χ0v) is 15.9. The number of hydrogen-bond acceptors (Lipinski definition) is 4. The summed E-state index contributed by atoms with van der Waals surface area (Å²) in [7, 11) is 0. The van der Waals surface area contributed by atoms with E-state index in [0.29, 0.717) is 17.6 Å². The molecule has 0 bridgehead atoms. The van der Waals surface area contributed by atoms with E-state index in [1.807, 2.05) is 12.1 Å². The molecule has 1 N–H and O–H groups in total. The number of benzene rings is 1. The molecule has 0 aliphatic carbocycles. The molecule has 10 heteroatoms. The summed E-state index contributed by atoms with van der Waals surface area (Å²) in [5, 5.41) is 7.44. The third-order valence-corrected chi connectivity index (χ3v) is 4.78. The van der Waals surface area contributed by atoms with Crippen molar-refractivity contribution in [2.45, 2.75) is 12.7 Å². The molecule has 4 aromatic rings. The summed E-state index contributed by atoms with van der Waals surface area (Å²) in [5.74, 6) is -0.589. The summed E-state index contributed by atoms with van der Waals surface area (Å²) >= 11 is 6.39. The van der Waals surface area contributed by atoms with E-state index in [1.165, 1.54) is 24.5 Å². The fraction of sp³-hybridized carbons (Fsp3) is 0.100. The molecule has 3 heterocycles. The van der Waals surface area contributed by atoms with E-state index in [0.717, 1.165) is 17.7 Å². The molecule has 0 atom stereocenters. The molecule has 6 nitrogen and oxygen atoms in total. The van der Waals surface area contributed by atoms with Crippen LogP contribution in [0.5, 0.6) is 0 Å². The van der Waals surface area contributed by atoms with Gasteiger partial charge >= 0.3 is 6.18 Å². The van der Waals surface area contributed by atoms with Crippen molar-refractivity contribution in [2.24, 2.45) is 0 Å². The van der Waals surface area contributed by atoms with Gasteiger partial charge in [-0.3, -0.25) is 9.78 Å². The topological polar surface area (TPSA) is 72.7 Å². The van der Waals surface area contributed by atoms with Gasteiger partial charge in [0, 0.05) is 24.3 Å². The first-order chi connectivity index (χ1) is 14.3. The number of amides is 1. The number of rotatable bonds is 4. The molecule has 0 unspecified atom stereocenters. The maximum Gasteiger partial charge on any atom is 0.416 e. The summed E-state index contributed by atoms with van der Waals surface area (Å²) in [6.07, 6.45) is 1.75. The minimum Gasteiger partial charge on any atom is -0.322 e. The normalized spacial score (nSPS) is 11.6. The van der Waals surface area contributed by atoms with Crippen LogP contribution in [0.4, 0.5) is 18.9 Å². The Hall–Kier alpha value is -3.46. The van der Waals surface area contributed by atoms with Gasteiger partial charge in [-0.15, -0.1) is 0 Å². The van der Waals surface area contributed by atoms with Crippen LogP contribution in [-0.2, 0) is 12.7 Å². The zero-order valence-electron chi connectivity index (χ0n) is 15.2. The summed E-state index contributed by atoms with van der Waals surface area (Å²) < 4.78 is 39.6. The van der Waals surface area contributed by atoms with Crippen LogP contribution < -0.4 is 5.32 Å². The van der Waals surface area contributed by atoms with Gasteiger partial charge in [0.25, 0.3) is 5.91 Å². The second-order valence-electron chi connectivity index (χ2n) is 6.42. The first-order valence-corrected chi connectivity index (χ1v) is 9.08. The van der Waals surface area contributed by atoms with Crippen LogP contribution in [-0.4, -0.2) is 25.7 Å². The Bertz CT molecular complexity index is 1210. The smallest absolute Gasteiger partial charge is 0.322 e. The number of nitrogens with zero attached hydrogens (tertiary/aromatic N) is 4. The van der Waals surface area contributed by atoms with Gasteiger partial charge in [0.1, 0.15) is 0 Å². The van der Waals surface area contributed by atoms with Crippen LogP contribution in [0.3, 0.4) is 0 Å². The summed E-state index contributed by atoms with van der Waals surface area (Å²) in [4.78, 5) is 20.9. The number of halogens is 4. The monoisotopic (exact) mass is 431 g/mol. The number of carbonyl (C=O) groups excluding carboxylic acids is 1. The number of hydrogen-bond donors (Lipinski definition) is 1. The Morgan fingerprint density at radius 3 is 2.53 bits per heavy atom. The fourth-order valence-electron chi connectivity index (χ4n) is 2.88. The van der Waals surface area contributed by atoms with Crippen molar-refractivity contribution in [1.82, 2.24) is 19.7 Å². The van der Waals surface area contributed by atoms with Crippen molar-refractivity contribution in [3.8, 4) is 0 Å². The Morgan fingerprint density at radius 2 is 1.87 bits per heavy atom. The number of alkyl halides is 3. The van der Waals surface area contributed by atoms with Gasteiger partial charge in [0.05, 0.1) is 34.3 Å². The second kappa shape index (κ2) is 7.75. The molecule has 0 spiro atoms. The van der Waals surface area contributed by atoms with Crippen molar-refractivity contribution in [2.75, 3.05) is 5.32 Å². The Morgan fingerprint density at radius 1 is 1.10 bits per heavy atom. The fourth-order valence-corrected chi connectivity index (χ4v) is 3.14. The maximum absolute atomic E-state index is 12.7. The molecule has 0 radical (unpaired) electrons. The van der Waals surface area contributed by atoms with E-state index in [-0.39, 0.29) is 16.3 Å². The lowest BCUT2D eigenvalue weighted by Gasteiger charge is -2.10. The SMILES string of the molecule is O=C(Nc1ccc(C(F)(F)F)cc1)c1cnc2c(cnn2Cc2cccnc2)c1Cl. The molecular weight excluding hydrogens is 419 g/mol. The number of pyridine rings is 2. The van der Waals surface area contributed by atoms with E-state index in [9.17, 15) is 18.0 Å². The van der Waals surface area contributed by atoms with Gasteiger partial charge in [-0.1, -0.05) is 17.7 Å². The van der Waals surface area contributed by atoms with Crippen LogP contribution in [0.25, 0.3) is 11.0 Å². The summed E-state index contributed by atoms with van der Waals surface area (Å²) in [5.41, 5.74) is 0.906. The molecule has 0 aliphatic rings. The molecule has 1 aromatic carbocycles. The maximum atomic E-state index is 12.7. The van der Waals surface area contributed by atoms with Crippen LogP contribution in [0.15, 0.2) is 61.2 Å². The van der Waals surface area contributed by atoms with Gasteiger partial charge in [-0.2, -0.15) is 18.3 Å². The highest BCUT2D eigenvalue weighted by Crippen LogP contribution is 2.30. The van der Waals surface area contributed by atoms with Gasteiger partial charge in [-0.05, 0) is 35.9 Å². The predicted molar refractivity (Wildman–Crippen MR) is 105 cm³/mol. The lowest BCUT2D eigenvalue weighted by molar-refractivity contribution is -0.137. The quantitative estimate of drug-likeness (QED) is 0.504. The number of fused-ring (bicyclic) bond motifs is 1. The zero-order chi connectivity index (χ0) is 21.3. The Kier molecular flexibility index (Phi) is 5.13. The highest BCUT2D eigenvalue weighted by Gasteiger charge is 2.30. The standard InChI is InChI=1S/C20H13ClF3N5O/c21-17-15-10-27-29(11-12-2-1-7-25-8-12)18(15)26-9-16(17)19(30)28-14-5-3-13(4-6-14)20(22,23)24/h1-10H,11H2,(H,28,30). The van der Waals surface area contributed by atoms with Gasteiger partial charge in [-0.25, -0.2) is 9.67 Å². The van der Waals surface area contributed by atoms with Crippen LogP contribution in [0.1, 0.15) is 21.5 Å². The minimum absolute atomic E-state index is 0.0880. The third kappa shape index (κ3) is 3.97. The minimum atomic E-state index is -4.45. The largest absolute Gasteiger partial charge is 0.416 e. The lowest BCUT2D eigenvalue weighted by atomic mass is 10.2. The highest BCUT2D eigenvalue weighted by molar-refractivity contribution is 6.38. The Balaban J connectivity index is 1.57. The molecule has 152 valence electrons. The highest BCUT2D eigenvalue weighted by atomic mass is 35.5. The van der Waals surface area contributed by atoms with Gasteiger partial charge in [0.2, 0.25) is 0 Å². The molecule has 30 heavy (non-hydrogen) atoms. The molecule has 1 amide bonds. The molecule has 4 rings (SSSR count). The molecule has 3 aromatic heterocycles. The average molecular weight is 432 g/mol. The second-order valence-corrected chi connectivity index (χ2v) is 6.79. The van der Waals surface area contributed by atoms with Crippen LogP contribution >= 0.6 is 11.6 Å². The third-order valence-electron chi connectivity index (χ3n) is 4.37. The molecule has 0 saturated carbocycles. The van der Waals surface area contributed by atoms with E-state index in [2.05, 4.69) is 20.4 Å². The van der Waals surface area contributed by atoms with Crippen molar-refractivity contribution < 1.29 is 18.0 Å². The van der Waals surface area contributed by atoms with Crippen molar-refractivity contribution >= 4 is 34.2 Å². The number of carbonyl (C=O) groups is 1. The number of nitrogens with one attached hydrogen (secondary N) is 1. The van der Waals surface area contributed by atoms with Crippen molar-refractivity contribution in [3.05, 3.63) is 82.9 Å². The lowest BCUT2D eigenvalue weighted by Crippen LogP contribution is -2.13. The van der Waals surface area contributed by atoms with Crippen molar-refractivity contribution in [3.63, 3.8) is 0 Å². The first-order valence-electron chi connectivity index (χ1n) is 8.70. The summed E-state index contributed by atoms with van der Waals surface area (Å²) in [6.45, 7) is 0.428.